The number of fused-ring (bicyclic) bond motifs is 4. The number of nitrogens with zero attached hydrogens (tertiary/aromatic N) is 6. The summed E-state index contributed by atoms with van der Waals surface area (Å²) < 4.78 is 3.67. The lowest BCUT2D eigenvalue weighted by Crippen LogP contribution is -2.48. The minimum atomic E-state index is -0.310. The molecule has 0 unspecified atom stereocenters. The molecule has 2 aliphatic heterocycles. The van der Waals surface area contributed by atoms with Crippen molar-refractivity contribution in [1.29, 1.82) is 0 Å². The predicted molar refractivity (Wildman–Crippen MR) is 115 cm³/mol. The van der Waals surface area contributed by atoms with E-state index in [9.17, 15) is 9.59 Å². The molecule has 0 aliphatic carbocycles. The Hall–Kier alpha value is -3.49. The van der Waals surface area contributed by atoms with E-state index in [-0.39, 0.29) is 22.9 Å². The van der Waals surface area contributed by atoms with Gasteiger partial charge in [0.25, 0.3) is 11.5 Å². The second-order valence-corrected chi connectivity index (χ2v) is 8.29. The number of hydrogen-bond donors (Lipinski definition) is 1. The van der Waals surface area contributed by atoms with Crippen LogP contribution in [0, 0.1) is 5.92 Å². The second-order valence-electron chi connectivity index (χ2n) is 8.29. The summed E-state index contributed by atoms with van der Waals surface area (Å²) in [6.45, 7) is 3.55. The zero-order valence-corrected chi connectivity index (χ0v) is 17.2. The first kappa shape index (κ1) is 19.5. The summed E-state index contributed by atoms with van der Waals surface area (Å²) in [5.74, 6) is 1.31. The van der Waals surface area contributed by atoms with Gasteiger partial charge in [-0.15, -0.1) is 10.2 Å². The standard InChI is InChI=1S/C22H25N7O2/c30-21(24-8-3-9-27-14-25-26-15-27)18-5-6-19-17-10-16(12-29(19)22(18)31)11-28(13-17)20-4-1-2-7-23-20/h1-2,4-7,14-17H,3,8-13H2,(H,24,30)/t16-,17+/m0/s1. The molecule has 0 radical (unpaired) electrons. The maximum Gasteiger partial charge on any atom is 0.263 e. The third-order valence-corrected chi connectivity index (χ3v) is 6.17. The van der Waals surface area contributed by atoms with Crippen LogP contribution >= 0.6 is 0 Å². The van der Waals surface area contributed by atoms with Crippen LogP contribution < -0.4 is 15.8 Å². The lowest BCUT2D eigenvalue weighted by molar-refractivity contribution is 0.0950. The van der Waals surface area contributed by atoms with Gasteiger partial charge in [0.2, 0.25) is 0 Å². The smallest absolute Gasteiger partial charge is 0.263 e. The van der Waals surface area contributed by atoms with Crippen LogP contribution in [0.5, 0.6) is 0 Å². The van der Waals surface area contributed by atoms with E-state index in [4.69, 9.17) is 0 Å². The van der Waals surface area contributed by atoms with Gasteiger partial charge in [-0.2, -0.15) is 0 Å². The predicted octanol–water partition coefficient (Wildman–Crippen LogP) is 1.28. The fourth-order valence-electron chi connectivity index (χ4n) is 4.74. The van der Waals surface area contributed by atoms with Gasteiger partial charge in [-0.3, -0.25) is 9.59 Å². The van der Waals surface area contributed by atoms with Crippen LogP contribution in [0.4, 0.5) is 5.82 Å². The first-order chi connectivity index (χ1) is 15.2. The van der Waals surface area contributed by atoms with Crippen molar-refractivity contribution >= 4 is 11.7 Å². The molecule has 3 aromatic rings. The summed E-state index contributed by atoms with van der Waals surface area (Å²) in [6.07, 6.45) is 6.91. The Bertz CT molecular complexity index is 1110. The van der Waals surface area contributed by atoms with E-state index in [2.05, 4.69) is 25.4 Å². The maximum absolute atomic E-state index is 13.1. The minimum Gasteiger partial charge on any atom is -0.356 e. The summed E-state index contributed by atoms with van der Waals surface area (Å²) in [5.41, 5.74) is 1.05. The molecule has 0 saturated carbocycles. The van der Waals surface area contributed by atoms with E-state index in [1.807, 2.05) is 39.6 Å². The molecule has 9 heteroatoms. The number of aromatic nitrogens is 5. The summed E-state index contributed by atoms with van der Waals surface area (Å²) in [7, 11) is 0. The van der Waals surface area contributed by atoms with Crippen LogP contribution in [0.1, 0.15) is 34.8 Å². The van der Waals surface area contributed by atoms with Crippen molar-refractivity contribution in [2.24, 2.45) is 5.92 Å². The quantitative estimate of drug-likeness (QED) is 0.605. The second kappa shape index (κ2) is 8.33. The van der Waals surface area contributed by atoms with Crippen molar-refractivity contribution in [2.45, 2.75) is 31.8 Å². The van der Waals surface area contributed by atoms with E-state index in [1.54, 1.807) is 18.7 Å². The molecule has 1 amide bonds. The first-order valence-electron chi connectivity index (χ1n) is 10.7. The number of aryl methyl sites for hydroxylation is 1. The lowest BCUT2D eigenvalue weighted by atomic mass is 9.83. The fraction of sp³-hybridized carbons (Fsp3) is 0.409. The molecule has 3 aromatic heterocycles. The van der Waals surface area contributed by atoms with E-state index in [1.165, 1.54) is 0 Å². The van der Waals surface area contributed by atoms with Gasteiger partial charge in [-0.25, -0.2) is 4.98 Å². The van der Waals surface area contributed by atoms with Gasteiger partial charge in [0.15, 0.2) is 0 Å². The highest BCUT2D eigenvalue weighted by Gasteiger charge is 2.35. The molecule has 0 spiro atoms. The Balaban J connectivity index is 1.28. The van der Waals surface area contributed by atoms with Crippen molar-refractivity contribution < 1.29 is 4.79 Å². The van der Waals surface area contributed by atoms with E-state index >= 15 is 0 Å². The Labute approximate surface area is 179 Å². The van der Waals surface area contributed by atoms with Crippen LogP contribution in [0.25, 0.3) is 0 Å². The van der Waals surface area contributed by atoms with Gasteiger partial charge in [0.05, 0.1) is 0 Å². The van der Waals surface area contributed by atoms with Crippen molar-refractivity contribution in [3.05, 3.63) is 70.8 Å². The fourth-order valence-corrected chi connectivity index (χ4v) is 4.74. The topological polar surface area (TPSA) is 97.9 Å². The number of pyridine rings is 2. The van der Waals surface area contributed by atoms with Gasteiger partial charge in [0, 0.05) is 50.5 Å². The Morgan fingerprint density at radius 1 is 1.10 bits per heavy atom. The lowest BCUT2D eigenvalue weighted by Gasteiger charge is -2.43. The zero-order valence-electron chi connectivity index (χ0n) is 17.2. The highest BCUT2D eigenvalue weighted by atomic mass is 16.2. The minimum absolute atomic E-state index is 0.185. The molecule has 1 N–H and O–H groups in total. The summed E-state index contributed by atoms with van der Waals surface area (Å²) in [4.78, 5) is 32.5. The van der Waals surface area contributed by atoms with Gasteiger partial charge in [-0.05, 0) is 43.0 Å². The van der Waals surface area contributed by atoms with Crippen molar-refractivity contribution in [3.63, 3.8) is 0 Å². The number of carbonyl (C=O) groups excluding carboxylic acids is 1. The average molecular weight is 419 g/mol. The van der Waals surface area contributed by atoms with Crippen molar-refractivity contribution in [2.75, 3.05) is 24.5 Å². The van der Waals surface area contributed by atoms with E-state index in [0.29, 0.717) is 25.6 Å². The highest BCUT2D eigenvalue weighted by molar-refractivity contribution is 5.93. The number of anilines is 1. The van der Waals surface area contributed by atoms with Crippen LogP contribution in [0.2, 0.25) is 0 Å². The summed E-state index contributed by atoms with van der Waals surface area (Å²) >= 11 is 0. The molecule has 0 aromatic carbocycles. The number of hydrogen-bond acceptors (Lipinski definition) is 6. The molecule has 160 valence electrons. The molecule has 5 rings (SSSR count). The van der Waals surface area contributed by atoms with Gasteiger partial charge < -0.3 is 19.4 Å². The Morgan fingerprint density at radius 3 is 2.77 bits per heavy atom. The molecular weight excluding hydrogens is 394 g/mol. The molecule has 31 heavy (non-hydrogen) atoms. The Kier molecular flexibility index (Phi) is 5.23. The highest BCUT2D eigenvalue weighted by Crippen LogP contribution is 2.36. The number of piperidine rings is 1. The summed E-state index contributed by atoms with van der Waals surface area (Å²) in [5, 5.41) is 10.4. The SMILES string of the molecule is O=C(NCCCn1cnnc1)c1ccc2n(c1=O)C[C@H]1C[C@@H]2CN(c2ccccn2)C1. The van der Waals surface area contributed by atoms with Gasteiger partial charge in [-0.1, -0.05) is 6.07 Å². The molecule has 5 heterocycles. The number of amides is 1. The molecule has 2 atom stereocenters. The van der Waals surface area contributed by atoms with Crippen LogP contribution in [0.3, 0.4) is 0 Å². The zero-order chi connectivity index (χ0) is 21.2. The van der Waals surface area contributed by atoms with Crippen LogP contribution in [-0.2, 0) is 13.1 Å². The average Bonchev–Trinajstić information content (AvgIpc) is 3.31. The monoisotopic (exact) mass is 419 g/mol. The normalized spacial score (nSPS) is 19.7. The first-order valence-corrected chi connectivity index (χ1v) is 10.7. The number of rotatable bonds is 6. The van der Waals surface area contributed by atoms with Crippen molar-refractivity contribution in [3.8, 4) is 0 Å². The van der Waals surface area contributed by atoms with E-state index < -0.39 is 0 Å². The number of nitrogens with one attached hydrogen (secondary N) is 1. The molecule has 1 saturated heterocycles. The molecular formula is C22H25N7O2. The largest absolute Gasteiger partial charge is 0.356 e. The Morgan fingerprint density at radius 2 is 1.97 bits per heavy atom. The molecule has 2 bridgehead atoms. The molecule has 1 fully saturated rings. The summed E-state index contributed by atoms with van der Waals surface area (Å²) in [6, 6.07) is 9.59. The van der Waals surface area contributed by atoms with Crippen molar-refractivity contribution in [1.82, 2.24) is 29.6 Å². The third-order valence-electron chi connectivity index (χ3n) is 6.17. The van der Waals surface area contributed by atoms with Gasteiger partial charge in [0.1, 0.15) is 24.0 Å². The third kappa shape index (κ3) is 3.95. The molecule has 2 aliphatic rings. The van der Waals surface area contributed by atoms with Crippen LogP contribution in [0.15, 0.2) is 54.0 Å². The molecule has 9 nitrogen and oxygen atoms in total. The van der Waals surface area contributed by atoms with Crippen LogP contribution in [-0.4, -0.2) is 49.9 Å². The van der Waals surface area contributed by atoms with Gasteiger partial charge >= 0.3 is 0 Å². The van der Waals surface area contributed by atoms with E-state index in [0.717, 1.165) is 37.4 Å². The number of carbonyl (C=O) groups is 1. The maximum atomic E-state index is 13.1.